The highest BCUT2D eigenvalue weighted by Crippen LogP contribution is 2.22. The van der Waals surface area contributed by atoms with Crippen LogP contribution in [0.3, 0.4) is 0 Å². The summed E-state index contributed by atoms with van der Waals surface area (Å²) in [5.41, 5.74) is 5.51. The molecule has 1 fully saturated rings. The van der Waals surface area contributed by atoms with E-state index >= 15 is 0 Å². The highest BCUT2D eigenvalue weighted by atomic mass is 16.5. The van der Waals surface area contributed by atoms with Crippen LogP contribution < -0.4 is 10.7 Å². The van der Waals surface area contributed by atoms with Gasteiger partial charge >= 0.3 is 12.0 Å². The van der Waals surface area contributed by atoms with Crippen LogP contribution in [0.25, 0.3) is 6.08 Å². The van der Waals surface area contributed by atoms with Crippen LogP contribution in [0, 0.1) is 13.8 Å². The number of rotatable bonds is 6. The first kappa shape index (κ1) is 22.6. The Hall–Kier alpha value is -4.60. The molecule has 3 aromatic rings. The fourth-order valence-corrected chi connectivity index (χ4v) is 3.56. The standard InChI is InChI=1S/C24H22N4O6/c1-14-11-17(15(2)28(14)26-21(29)16-7-5-4-6-8-16)12-19-22(30)27(24(32)25-19)13-18-9-10-20(34-18)23(31)33-3/h4-12H,13H2,1-3H3,(H,25,32)(H,26,29). The Morgan fingerprint density at radius 1 is 1.12 bits per heavy atom. The Morgan fingerprint density at radius 3 is 2.56 bits per heavy atom. The maximum atomic E-state index is 12.9. The molecule has 2 aromatic heterocycles. The van der Waals surface area contributed by atoms with E-state index in [0.29, 0.717) is 16.8 Å². The fourth-order valence-electron chi connectivity index (χ4n) is 3.56. The zero-order valence-corrected chi connectivity index (χ0v) is 18.7. The number of aromatic nitrogens is 1. The number of nitrogens with one attached hydrogen (secondary N) is 2. The number of imide groups is 1. The van der Waals surface area contributed by atoms with Crippen molar-refractivity contribution in [1.29, 1.82) is 0 Å². The maximum Gasteiger partial charge on any atom is 0.373 e. The Kier molecular flexibility index (Phi) is 6.05. The van der Waals surface area contributed by atoms with Crippen LogP contribution in [0.1, 0.15) is 43.6 Å². The zero-order valence-electron chi connectivity index (χ0n) is 18.7. The van der Waals surface area contributed by atoms with E-state index in [1.807, 2.05) is 13.0 Å². The van der Waals surface area contributed by atoms with E-state index in [2.05, 4.69) is 15.5 Å². The second-order valence-corrected chi connectivity index (χ2v) is 7.61. The molecule has 0 bridgehead atoms. The number of amides is 4. The first-order valence-electron chi connectivity index (χ1n) is 10.4. The van der Waals surface area contributed by atoms with Crippen LogP contribution in [0.2, 0.25) is 0 Å². The van der Waals surface area contributed by atoms with Crippen molar-refractivity contribution in [2.24, 2.45) is 0 Å². The summed E-state index contributed by atoms with van der Waals surface area (Å²) in [4.78, 5) is 50.3. The molecule has 1 aromatic carbocycles. The first-order chi connectivity index (χ1) is 16.3. The van der Waals surface area contributed by atoms with E-state index in [0.717, 1.165) is 10.6 Å². The number of urea groups is 1. The first-order valence-corrected chi connectivity index (χ1v) is 10.4. The van der Waals surface area contributed by atoms with Crippen molar-refractivity contribution in [1.82, 2.24) is 14.9 Å². The molecule has 0 saturated carbocycles. The van der Waals surface area contributed by atoms with Gasteiger partial charge in [-0.05, 0) is 55.8 Å². The van der Waals surface area contributed by atoms with Gasteiger partial charge in [-0.2, -0.15) is 0 Å². The Bertz CT molecular complexity index is 1320. The van der Waals surface area contributed by atoms with E-state index in [1.165, 1.54) is 19.2 Å². The predicted octanol–water partition coefficient (Wildman–Crippen LogP) is 2.96. The number of hydrogen-bond donors (Lipinski definition) is 2. The minimum atomic E-state index is -0.654. The van der Waals surface area contributed by atoms with Crippen molar-refractivity contribution in [2.45, 2.75) is 20.4 Å². The van der Waals surface area contributed by atoms with Gasteiger partial charge in [-0.3, -0.25) is 24.6 Å². The van der Waals surface area contributed by atoms with Gasteiger partial charge in [-0.25, -0.2) is 9.59 Å². The quantitative estimate of drug-likeness (QED) is 0.330. The Morgan fingerprint density at radius 2 is 1.85 bits per heavy atom. The smallest absolute Gasteiger partial charge is 0.373 e. The minimum Gasteiger partial charge on any atom is -0.463 e. The van der Waals surface area contributed by atoms with Gasteiger partial charge in [0.05, 0.1) is 13.7 Å². The van der Waals surface area contributed by atoms with Gasteiger partial charge in [0.1, 0.15) is 11.5 Å². The molecule has 0 aliphatic carbocycles. The van der Waals surface area contributed by atoms with Crippen LogP contribution in [-0.2, 0) is 16.1 Å². The lowest BCUT2D eigenvalue weighted by Gasteiger charge is -2.11. The molecule has 0 spiro atoms. The molecule has 10 nitrogen and oxygen atoms in total. The topological polar surface area (TPSA) is 123 Å². The molecule has 174 valence electrons. The number of furan rings is 1. The molecular formula is C24H22N4O6. The second kappa shape index (κ2) is 9.10. The summed E-state index contributed by atoms with van der Waals surface area (Å²) in [5.74, 6) is -1.24. The van der Waals surface area contributed by atoms with Gasteiger partial charge in [-0.1, -0.05) is 18.2 Å². The SMILES string of the molecule is COC(=O)c1ccc(CN2C(=O)NC(=Cc3cc(C)n(NC(=O)c4ccccc4)c3C)C2=O)o1. The van der Waals surface area contributed by atoms with Gasteiger partial charge in [0, 0.05) is 17.0 Å². The molecule has 10 heteroatoms. The summed E-state index contributed by atoms with van der Waals surface area (Å²) in [7, 11) is 1.23. The lowest BCUT2D eigenvalue weighted by Crippen LogP contribution is -2.30. The molecule has 0 unspecified atom stereocenters. The number of hydrogen-bond acceptors (Lipinski definition) is 6. The normalized spacial score (nSPS) is 14.4. The van der Waals surface area contributed by atoms with Gasteiger partial charge in [0.15, 0.2) is 0 Å². The molecule has 3 heterocycles. The molecular weight excluding hydrogens is 440 g/mol. The fraction of sp³-hybridized carbons (Fsp3) is 0.167. The summed E-state index contributed by atoms with van der Waals surface area (Å²) in [6, 6.07) is 12.9. The summed E-state index contributed by atoms with van der Waals surface area (Å²) < 4.78 is 11.6. The molecule has 2 N–H and O–H groups in total. The third-order valence-electron chi connectivity index (χ3n) is 5.34. The number of benzene rings is 1. The average Bonchev–Trinajstić information content (AvgIpc) is 3.49. The summed E-state index contributed by atoms with van der Waals surface area (Å²) in [6.07, 6.45) is 1.55. The van der Waals surface area contributed by atoms with E-state index in [4.69, 9.17) is 4.42 Å². The van der Waals surface area contributed by atoms with Crippen molar-refractivity contribution in [2.75, 3.05) is 12.5 Å². The molecule has 1 aliphatic rings. The van der Waals surface area contributed by atoms with Crippen LogP contribution in [0.15, 0.2) is 58.6 Å². The van der Waals surface area contributed by atoms with Crippen molar-refractivity contribution in [3.8, 4) is 0 Å². The molecule has 0 atom stereocenters. The summed E-state index contributed by atoms with van der Waals surface area (Å²) in [6.45, 7) is 3.46. The Labute approximate surface area is 194 Å². The molecule has 1 aliphatic heterocycles. The van der Waals surface area contributed by atoms with Crippen LogP contribution in [0.5, 0.6) is 0 Å². The third kappa shape index (κ3) is 4.33. The number of carbonyl (C=O) groups is 4. The molecule has 0 radical (unpaired) electrons. The van der Waals surface area contributed by atoms with Gasteiger partial charge < -0.3 is 14.5 Å². The van der Waals surface area contributed by atoms with Crippen molar-refractivity contribution in [3.63, 3.8) is 0 Å². The van der Waals surface area contributed by atoms with Crippen molar-refractivity contribution < 1.29 is 28.3 Å². The number of ether oxygens (including phenoxy) is 1. The van der Waals surface area contributed by atoms with E-state index in [-0.39, 0.29) is 29.7 Å². The average molecular weight is 462 g/mol. The highest BCUT2D eigenvalue weighted by molar-refractivity contribution is 6.14. The van der Waals surface area contributed by atoms with Crippen LogP contribution in [0.4, 0.5) is 4.79 Å². The third-order valence-corrected chi connectivity index (χ3v) is 5.34. The predicted molar refractivity (Wildman–Crippen MR) is 121 cm³/mol. The zero-order chi connectivity index (χ0) is 24.4. The van der Waals surface area contributed by atoms with Crippen LogP contribution >= 0.6 is 0 Å². The maximum absolute atomic E-state index is 12.9. The number of nitrogens with zero attached hydrogens (tertiary/aromatic N) is 2. The lowest BCUT2D eigenvalue weighted by atomic mass is 10.2. The van der Waals surface area contributed by atoms with E-state index < -0.39 is 17.9 Å². The van der Waals surface area contributed by atoms with E-state index in [1.54, 1.807) is 48.0 Å². The Balaban J connectivity index is 1.52. The van der Waals surface area contributed by atoms with Crippen molar-refractivity contribution >= 4 is 29.9 Å². The van der Waals surface area contributed by atoms with E-state index in [9.17, 15) is 19.2 Å². The van der Waals surface area contributed by atoms with Gasteiger partial charge in [-0.15, -0.1) is 0 Å². The van der Waals surface area contributed by atoms with Crippen LogP contribution in [-0.4, -0.2) is 40.5 Å². The van der Waals surface area contributed by atoms with Crippen molar-refractivity contribution in [3.05, 3.63) is 88.3 Å². The molecule has 1 saturated heterocycles. The summed E-state index contributed by atoms with van der Waals surface area (Å²) in [5, 5.41) is 2.55. The van der Waals surface area contributed by atoms with Gasteiger partial charge in [0.25, 0.3) is 11.8 Å². The number of carbonyl (C=O) groups excluding carboxylic acids is 4. The summed E-state index contributed by atoms with van der Waals surface area (Å²) >= 11 is 0. The highest BCUT2D eigenvalue weighted by Gasteiger charge is 2.34. The minimum absolute atomic E-state index is 0.0229. The molecule has 4 amide bonds. The monoisotopic (exact) mass is 462 g/mol. The molecule has 4 rings (SSSR count). The largest absolute Gasteiger partial charge is 0.463 e. The molecule has 34 heavy (non-hydrogen) atoms. The second-order valence-electron chi connectivity index (χ2n) is 7.61. The van der Waals surface area contributed by atoms with Gasteiger partial charge in [0.2, 0.25) is 5.76 Å². The number of aryl methyl sites for hydroxylation is 1. The number of esters is 1. The lowest BCUT2D eigenvalue weighted by molar-refractivity contribution is -0.123. The number of methoxy groups -OCH3 is 1.